The standard InChI is InChI=1S/C36H42N2O4S/c1-23-32(22-43-31-5-3-2-4-6-31)41-34(42-33(23)28-9-7-24(21-39)8-10-28)29-11-13-30(14-12-29)37-35(40)38-36-18-25-15-26(19-36)17-27(16-25)20-36/h2-14,23,25-27,32-34,39H,15-22H2,1H3,(H2,37,38,40)/t23-,25?,26?,27?,32+,33+,34+,36?/m1/s1. The SMILES string of the molecule is C[C@@H]1[C@H](CSc2ccccc2)O[C@H](c2ccc(NC(=O)NC34CC5CC(CC(C5)C3)C4)cc2)O[C@@H]1c1ccc(CO)cc1. The number of rotatable bonds is 8. The largest absolute Gasteiger partial charge is 0.392 e. The second-order valence-electron chi connectivity index (χ2n) is 13.3. The van der Waals surface area contributed by atoms with Crippen molar-refractivity contribution in [2.24, 2.45) is 23.7 Å². The zero-order chi connectivity index (χ0) is 29.4. The zero-order valence-corrected chi connectivity index (χ0v) is 25.6. The van der Waals surface area contributed by atoms with Crippen molar-refractivity contribution in [2.75, 3.05) is 11.1 Å². The van der Waals surface area contributed by atoms with E-state index in [1.165, 1.54) is 24.2 Å². The molecule has 4 aliphatic carbocycles. The van der Waals surface area contributed by atoms with Gasteiger partial charge in [-0.3, -0.25) is 0 Å². The quantitative estimate of drug-likeness (QED) is 0.230. The summed E-state index contributed by atoms with van der Waals surface area (Å²) in [6.45, 7) is 2.21. The molecule has 8 rings (SSSR count). The van der Waals surface area contributed by atoms with Crippen LogP contribution in [0.4, 0.5) is 10.5 Å². The van der Waals surface area contributed by atoms with Gasteiger partial charge < -0.3 is 25.2 Å². The summed E-state index contributed by atoms with van der Waals surface area (Å²) in [5.74, 6) is 3.29. The maximum atomic E-state index is 13.1. The summed E-state index contributed by atoms with van der Waals surface area (Å²) in [6, 6.07) is 26.2. The number of hydrogen-bond donors (Lipinski definition) is 3. The number of ether oxygens (including phenoxy) is 2. The number of nitrogens with one attached hydrogen (secondary N) is 2. The van der Waals surface area contributed by atoms with Crippen LogP contribution in [0.3, 0.4) is 0 Å². The summed E-state index contributed by atoms with van der Waals surface area (Å²) >= 11 is 1.80. The number of carbonyl (C=O) groups is 1. The van der Waals surface area contributed by atoms with Gasteiger partial charge in [0.15, 0.2) is 6.29 Å². The van der Waals surface area contributed by atoms with Crippen molar-refractivity contribution in [3.8, 4) is 0 Å². The lowest BCUT2D eigenvalue weighted by molar-refractivity contribution is -0.268. The Morgan fingerprint density at radius 1 is 0.860 bits per heavy atom. The van der Waals surface area contributed by atoms with E-state index in [0.717, 1.165) is 65.1 Å². The van der Waals surface area contributed by atoms with Crippen LogP contribution in [-0.4, -0.2) is 28.5 Å². The molecule has 3 N–H and O–H groups in total. The summed E-state index contributed by atoms with van der Waals surface area (Å²) in [7, 11) is 0. The number of urea groups is 1. The third-order valence-electron chi connectivity index (χ3n) is 10.1. The maximum Gasteiger partial charge on any atom is 0.319 e. The lowest BCUT2D eigenvalue weighted by atomic mass is 9.53. The summed E-state index contributed by atoms with van der Waals surface area (Å²) in [5, 5.41) is 16.0. The van der Waals surface area contributed by atoms with Crippen LogP contribution in [0.15, 0.2) is 83.8 Å². The van der Waals surface area contributed by atoms with Crippen LogP contribution in [0.1, 0.15) is 74.5 Å². The molecule has 0 radical (unpaired) electrons. The molecule has 0 spiro atoms. The van der Waals surface area contributed by atoms with Gasteiger partial charge in [0.05, 0.1) is 18.8 Å². The molecule has 4 saturated carbocycles. The van der Waals surface area contributed by atoms with Crippen molar-refractivity contribution in [3.05, 3.63) is 95.6 Å². The summed E-state index contributed by atoms with van der Waals surface area (Å²) in [4.78, 5) is 14.3. The van der Waals surface area contributed by atoms with Gasteiger partial charge in [-0.2, -0.15) is 0 Å². The van der Waals surface area contributed by atoms with Crippen LogP contribution in [0.25, 0.3) is 0 Å². The van der Waals surface area contributed by atoms with Crippen molar-refractivity contribution >= 4 is 23.5 Å². The van der Waals surface area contributed by atoms with Crippen LogP contribution in [0.5, 0.6) is 0 Å². The van der Waals surface area contributed by atoms with E-state index in [1.807, 2.05) is 54.6 Å². The van der Waals surface area contributed by atoms with E-state index in [0.29, 0.717) is 0 Å². The Kier molecular flexibility index (Phi) is 8.25. The normalized spacial score (nSPS) is 32.8. The van der Waals surface area contributed by atoms with Gasteiger partial charge in [-0.25, -0.2) is 4.79 Å². The van der Waals surface area contributed by atoms with Gasteiger partial charge >= 0.3 is 6.03 Å². The maximum absolute atomic E-state index is 13.1. The molecule has 3 aromatic carbocycles. The molecular formula is C36H42N2O4S. The number of benzene rings is 3. The number of amides is 2. The lowest BCUT2D eigenvalue weighted by Crippen LogP contribution is -2.60. The number of aliphatic hydroxyl groups is 1. The molecule has 5 aliphatic rings. The zero-order valence-electron chi connectivity index (χ0n) is 24.8. The van der Waals surface area contributed by atoms with Crippen molar-refractivity contribution in [2.45, 2.75) is 81.0 Å². The summed E-state index contributed by atoms with van der Waals surface area (Å²) in [6.07, 6.45) is 6.75. The van der Waals surface area contributed by atoms with Crippen LogP contribution >= 0.6 is 11.8 Å². The molecule has 5 fully saturated rings. The molecule has 4 bridgehead atoms. The highest BCUT2D eigenvalue weighted by Gasteiger charge is 2.51. The minimum absolute atomic E-state index is 0.0174. The van der Waals surface area contributed by atoms with Crippen LogP contribution in [0, 0.1) is 23.7 Å². The molecule has 2 amide bonds. The summed E-state index contributed by atoms with van der Waals surface area (Å²) < 4.78 is 13.2. The minimum Gasteiger partial charge on any atom is -0.392 e. The average Bonchev–Trinajstić information content (AvgIpc) is 3.00. The fourth-order valence-electron chi connectivity index (χ4n) is 8.40. The van der Waals surface area contributed by atoms with Crippen LogP contribution < -0.4 is 10.6 Å². The Morgan fingerprint density at radius 3 is 2.12 bits per heavy atom. The number of hydrogen-bond acceptors (Lipinski definition) is 5. The van der Waals surface area contributed by atoms with Crippen molar-refractivity contribution in [1.29, 1.82) is 0 Å². The van der Waals surface area contributed by atoms with Gasteiger partial charge in [0.25, 0.3) is 0 Å². The second kappa shape index (κ2) is 12.3. The van der Waals surface area contributed by atoms with E-state index in [1.54, 1.807) is 11.8 Å². The molecule has 7 heteroatoms. The molecule has 0 unspecified atom stereocenters. The van der Waals surface area contributed by atoms with Crippen molar-refractivity contribution in [3.63, 3.8) is 0 Å². The van der Waals surface area contributed by atoms with Crippen LogP contribution in [0.2, 0.25) is 0 Å². The summed E-state index contributed by atoms with van der Waals surface area (Å²) in [5.41, 5.74) is 3.63. The Bertz CT molecular complexity index is 1360. The van der Waals surface area contributed by atoms with Gasteiger partial charge in [0.1, 0.15) is 0 Å². The highest BCUT2D eigenvalue weighted by molar-refractivity contribution is 7.99. The number of thioether (sulfide) groups is 1. The van der Waals surface area contributed by atoms with E-state index in [-0.39, 0.29) is 36.3 Å². The molecule has 1 heterocycles. The molecule has 226 valence electrons. The van der Waals surface area contributed by atoms with Gasteiger partial charge in [-0.15, -0.1) is 11.8 Å². The second-order valence-corrected chi connectivity index (χ2v) is 14.4. The molecule has 3 aromatic rings. The van der Waals surface area contributed by atoms with E-state index in [2.05, 4.69) is 41.8 Å². The Hall–Kier alpha value is -2.84. The van der Waals surface area contributed by atoms with Gasteiger partial charge in [0.2, 0.25) is 0 Å². The number of aliphatic hydroxyl groups excluding tert-OH is 1. The van der Waals surface area contributed by atoms with E-state index >= 15 is 0 Å². The van der Waals surface area contributed by atoms with E-state index < -0.39 is 6.29 Å². The first-order valence-corrected chi connectivity index (χ1v) is 16.8. The first kappa shape index (κ1) is 28.9. The van der Waals surface area contributed by atoms with Crippen LogP contribution in [-0.2, 0) is 16.1 Å². The fraction of sp³-hybridized carbons (Fsp3) is 0.472. The monoisotopic (exact) mass is 598 g/mol. The number of anilines is 1. The molecular weight excluding hydrogens is 556 g/mol. The third-order valence-corrected chi connectivity index (χ3v) is 11.2. The smallest absolute Gasteiger partial charge is 0.319 e. The fourth-order valence-corrected chi connectivity index (χ4v) is 9.48. The van der Waals surface area contributed by atoms with Crippen molar-refractivity contribution in [1.82, 2.24) is 5.32 Å². The lowest BCUT2D eigenvalue weighted by Gasteiger charge is -2.56. The van der Waals surface area contributed by atoms with Gasteiger partial charge in [-0.1, -0.05) is 61.5 Å². The van der Waals surface area contributed by atoms with E-state index in [9.17, 15) is 9.90 Å². The highest BCUT2D eigenvalue weighted by atomic mass is 32.2. The molecule has 43 heavy (non-hydrogen) atoms. The topological polar surface area (TPSA) is 79.8 Å². The molecule has 1 aliphatic heterocycles. The predicted octanol–water partition coefficient (Wildman–Crippen LogP) is 7.85. The Morgan fingerprint density at radius 2 is 1.49 bits per heavy atom. The van der Waals surface area contributed by atoms with Crippen molar-refractivity contribution < 1.29 is 19.4 Å². The number of carbonyl (C=O) groups excluding carboxylic acids is 1. The highest BCUT2D eigenvalue weighted by Crippen LogP contribution is 2.55. The Balaban J connectivity index is 1.04. The third kappa shape index (κ3) is 6.37. The average molecular weight is 599 g/mol. The molecule has 0 aromatic heterocycles. The van der Waals surface area contributed by atoms with Gasteiger partial charge in [-0.05, 0) is 91.7 Å². The minimum atomic E-state index is -0.532. The van der Waals surface area contributed by atoms with Gasteiger partial charge in [0, 0.05) is 33.4 Å². The predicted molar refractivity (Wildman–Crippen MR) is 170 cm³/mol. The van der Waals surface area contributed by atoms with E-state index in [4.69, 9.17) is 9.47 Å². The molecule has 6 nitrogen and oxygen atoms in total. The molecule has 4 atom stereocenters. The molecule has 1 saturated heterocycles. The first-order chi connectivity index (χ1) is 20.9. The first-order valence-electron chi connectivity index (χ1n) is 15.8. The Labute approximate surface area is 258 Å².